The smallest absolute Gasteiger partial charge is 0.279 e. The van der Waals surface area contributed by atoms with Gasteiger partial charge in [0.25, 0.3) is 11.4 Å². The summed E-state index contributed by atoms with van der Waals surface area (Å²) in [6.07, 6.45) is 4.76. The fourth-order valence-electron chi connectivity index (χ4n) is 3.99. The number of hydrogen-bond donors (Lipinski definition) is 0. The monoisotopic (exact) mass is 432 g/mol. The Morgan fingerprint density at radius 2 is 2.06 bits per heavy atom. The molecular formula is C22H17FN6O3. The van der Waals surface area contributed by atoms with E-state index in [4.69, 9.17) is 9.26 Å². The molecule has 0 amide bonds. The van der Waals surface area contributed by atoms with E-state index in [1.54, 1.807) is 29.8 Å². The van der Waals surface area contributed by atoms with E-state index in [0.29, 0.717) is 22.6 Å². The third-order valence-electron chi connectivity index (χ3n) is 5.88. The maximum absolute atomic E-state index is 14.1. The van der Waals surface area contributed by atoms with E-state index < -0.39 is 11.4 Å². The highest BCUT2D eigenvalue weighted by Crippen LogP contribution is 2.47. The van der Waals surface area contributed by atoms with Crippen molar-refractivity contribution in [1.29, 1.82) is 0 Å². The number of rotatable bonds is 5. The Kier molecular flexibility index (Phi) is 3.99. The maximum Gasteiger partial charge on any atom is 0.279 e. The molecular weight excluding hydrogens is 415 g/mol. The number of hydrogen-bond acceptors (Lipinski definition) is 7. The number of nitrogens with zero attached hydrogens (tertiary/aromatic N) is 6. The van der Waals surface area contributed by atoms with Gasteiger partial charge >= 0.3 is 0 Å². The highest BCUT2D eigenvalue weighted by molar-refractivity contribution is 5.83. The largest absolute Gasteiger partial charge is 0.370 e. The fourth-order valence-corrected chi connectivity index (χ4v) is 3.99. The summed E-state index contributed by atoms with van der Waals surface area (Å²) in [5.41, 5.74) is 1.35. The molecule has 1 aliphatic rings. The molecule has 0 radical (unpaired) electrons. The van der Waals surface area contributed by atoms with Crippen LogP contribution in [0.5, 0.6) is 0 Å². The van der Waals surface area contributed by atoms with E-state index >= 15 is 0 Å². The molecule has 160 valence electrons. The summed E-state index contributed by atoms with van der Waals surface area (Å²) in [6, 6.07) is 9.73. The van der Waals surface area contributed by atoms with Crippen molar-refractivity contribution < 1.29 is 13.7 Å². The minimum atomic E-state index is -0.527. The van der Waals surface area contributed by atoms with Gasteiger partial charge in [-0.1, -0.05) is 11.2 Å². The third-order valence-corrected chi connectivity index (χ3v) is 5.88. The van der Waals surface area contributed by atoms with Gasteiger partial charge in [0.05, 0.1) is 23.3 Å². The quantitative estimate of drug-likeness (QED) is 0.421. The Morgan fingerprint density at radius 1 is 1.19 bits per heavy atom. The molecule has 4 heterocycles. The molecule has 0 N–H and O–H groups in total. The van der Waals surface area contributed by atoms with Gasteiger partial charge < -0.3 is 9.26 Å². The van der Waals surface area contributed by atoms with Crippen molar-refractivity contribution in [2.45, 2.75) is 25.0 Å². The molecule has 0 bridgehead atoms. The third kappa shape index (κ3) is 2.76. The lowest BCUT2D eigenvalue weighted by atomic mass is 10.2. The van der Waals surface area contributed by atoms with Crippen LogP contribution in [0.15, 0.2) is 58.2 Å². The van der Waals surface area contributed by atoms with Crippen LogP contribution >= 0.6 is 0 Å². The van der Waals surface area contributed by atoms with Crippen molar-refractivity contribution in [3.8, 4) is 11.6 Å². The molecule has 1 aromatic carbocycles. The molecule has 0 atom stereocenters. The summed E-state index contributed by atoms with van der Waals surface area (Å²) in [7, 11) is 1.61. The first-order valence-electron chi connectivity index (χ1n) is 10.1. The molecule has 6 rings (SSSR count). The van der Waals surface area contributed by atoms with Crippen LogP contribution in [-0.2, 0) is 16.9 Å². The summed E-state index contributed by atoms with van der Waals surface area (Å²) in [5.74, 6) is 0.129. The van der Waals surface area contributed by atoms with Gasteiger partial charge in [-0.2, -0.15) is 4.98 Å². The predicted octanol–water partition coefficient (Wildman–Crippen LogP) is 2.92. The lowest BCUT2D eigenvalue weighted by Gasteiger charge is -2.12. The molecule has 5 aromatic rings. The Labute approximate surface area is 180 Å². The predicted molar refractivity (Wildman–Crippen MR) is 111 cm³/mol. The van der Waals surface area contributed by atoms with Crippen LogP contribution in [0.4, 0.5) is 4.39 Å². The summed E-state index contributed by atoms with van der Waals surface area (Å²) in [5, 5.41) is 4.05. The molecule has 0 unspecified atom stereocenters. The number of halogens is 1. The minimum absolute atomic E-state index is 0.133. The number of pyridine rings is 1. The van der Waals surface area contributed by atoms with Gasteiger partial charge in [0.15, 0.2) is 5.69 Å². The Bertz CT molecular complexity index is 1530. The Hall–Kier alpha value is -3.92. The normalized spacial score (nSPS) is 14.9. The van der Waals surface area contributed by atoms with Crippen molar-refractivity contribution >= 4 is 16.6 Å². The summed E-state index contributed by atoms with van der Waals surface area (Å²) in [6.45, 7) is 0.169. The van der Waals surface area contributed by atoms with E-state index in [1.165, 1.54) is 23.0 Å². The van der Waals surface area contributed by atoms with Crippen molar-refractivity contribution in [2.24, 2.45) is 0 Å². The van der Waals surface area contributed by atoms with Crippen LogP contribution in [-0.4, -0.2) is 36.2 Å². The van der Waals surface area contributed by atoms with E-state index in [0.717, 1.165) is 12.8 Å². The van der Waals surface area contributed by atoms with Gasteiger partial charge in [0, 0.05) is 13.3 Å². The van der Waals surface area contributed by atoms with Crippen LogP contribution in [0, 0.1) is 5.82 Å². The first-order chi connectivity index (χ1) is 15.6. The maximum atomic E-state index is 14.1. The summed E-state index contributed by atoms with van der Waals surface area (Å²) < 4.78 is 28.2. The van der Waals surface area contributed by atoms with E-state index in [1.807, 2.05) is 12.1 Å². The van der Waals surface area contributed by atoms with Crippen molar-refractivity contribution in [1.82, 2.24) is 29.1 Å². The lowest BCUT2D eigenvalue weighted by molar-refractivity contribution is 0.0689. The van der Waals surface area contributed by atoms with Crippen molar-refractivity contribution in [2.75, 3.05) is 7.11 Å². The van der Waals surface area contributed by atoms with Gasteiger partial charge in [0.2, 0.25) is 5.82 Å². The van der Waals surface area contributed by atoms with Crippen molar-refractivity contribution in [3.05, 3.63) is 76.6 Å². The Balaban J connectivity index is 1.59. The number of methoxy groups -OCH3 is 1. The zero-order chi connectivity index (χ0) is 21.9. The van der Waals surface area contributed by atoms with E-state index in [-0.39, 0.29) is 29.2 Å². The standard InChI is InChI=1S/C22H17FN6O3/c1-31-22(7-8-22)21-26-19(32-27-21)17-18-20(30)28(11-14-4-2-3-9-24-14)16-10-13(23)5-6-15(16)29(18)12-25-17/h2-6,9-10,12H,7-8,11H2,1H3. The highest BCUT2D eigenvalue weighted by Gasteiger charge is 2.49. The molecule has 9 nitrogen and oxygen atoms in total. The Morgan fingerprint density at radius 3 is 2.81 bits per heavy atom. The zero-order valence-corrected chi connectivity index (χ0v) is 17.0. The molecule has 4 aromatic heterocycles. The first-order valence-corrected chi connectivity index (χ1v) is 10.1. The average molecular weight is 432 g/mol. The average Bonchev–Trinajstić information content (AvgIpc) is 3.23. The van der Waals surface area contributed by atoms with Gasteiger partial charge in [0.1, 0.15) is 23.3 Å². The highest BCUT2D eigenvalue weighted by atomic mass is 19.1. The molecule has 0 aliphatic heterocycles. The van der Waals surface area contributed by atoms with Gasteiger partial charge in [-0.3, -0.25) is 18.7 Å². The SMILES string of the molecule is COC1(c2noc(-c3ncn4c3c(=O)n(Cc3ccccn3)c3cc(F)ccc34)n2)CC1. The van der Waals surface area contributed by atoms with Crippen LogP contribution < -0.4 is 5.56 Å². The zero-order valence-electron chi connectivity index (χ0n) is 17.0. The molecule has 32 heavy (non-hydrogen) atoms. The summed E-state index contributed by atoms with van der Waals surface area (Å²) in [4.78, 5) is 26.8. The van der Waals surface area contributed by atoms with E-state index in [2.05, 4.69) is 20.1 Å². The summed E-state index contributed by atoms with van der Waals surface area (Å²) >= 11 is 0. The molecule has 10 heteroatoms. The second-order valence-electron chi connectivity index (χ2n) is 7.78. The van der Waals surface area contributed by atoms with Gasteiger partial charge in [-0.25, -0.2) is 9.37 Å². The second kappa shape index (κ2) is 6.79. The van der Waals surface area contributed by atoms with Crippen LogP contribution in [0.2, 0.25) is 0 Å². The molecule has 0 saturated heterocycles. The van der Waals surface area contributed by atoms with Crippen LogP contribution in [0.3, 0.4) is 0 Å². The molecule has 1 saturated carbocycles. The molecule has 0 spiro atoms. The number of aromatic nitrogens is 6. The van der Waals surface area contributed by atoms with Crippen LogP contribution in [0.1, 0.15) is 24.4 Å². The number of ether oxygens (including phenoxy) is 1. The number of benzene rings is 1. The second-order valence-corrected chi connectivity index (χ2v) is 7.78. The first kappa shape index (κ1) is 18.8. The van der Waals surface area contributed by atoms with Gasteiger partial charge in [-0.05, 0) is 43.2 Å². The molecule has 1 aliphatic carbocycles. The van der Waals surface area contributed by atoms with Gasteiger partial charge in [-0.15, -0.1) is 0 Å². The van der Waals surface area contributed by atoms with Crippen LogP contribution in [0.25, 0.3) is 28.1 Å². The number of imidazole rings is 1. The minimum Gasteiger partial charge on any atom is -0.370 e. The topological polar surface area (TPSA) is 100 Å². The number of fused-ring (bicyclic) bond motifs is 3. The van der Waals surface area contributed by atoms with Crippen molar-refractivity contribution in [3.63, 3.8) is 0 Å². The fraction of sp³-hybridized carbons (Fsp3) is 0.227. The molecule has 1 fully saturated rings. The lowest BCUT2D eigenvalue weighted by Crippen LogP contribution is -2.24. The van der Waals surface area contributed by atoms with E-state index in [9.17, 15) is 9.18 Å².